The van der Waals surface area contributed by atoms with Gasteiger partial charge in [0.05, 0.1) is 32.3 Å². The maximum absolute atomic E-state index is 13.5. The normalized spacial score (nSPS) is 25.7. The van der Waals surface area contributed by atoms with Crippen molar-refractivity contribution in [2.45, 2.75) is 25.1 Å². The van der Waals surface area contributed by atoms with Gasteiger partial charge >= 0.3 is 11.9 Å². The first-order chi connectivity index (χ1) is 15.1. The average molecular weight is 423 g/mol. The number of benzene rings is 2. The van der Waals surface area contributed by atoms with Crippen molar-refractivity contribution in [2.24, 2.45) is 11.8 Å². The molecule has 2 saturated heterocycles. The maximum atomic E-state index is 13.5. The molecule has 0 bridgehead atoms. The number of methoxy groups -OCH3 is 1. The lowest BCUT2D eigenvalue weighted by Crippen LogP contribution is -2.38. The van der Waals surface area contributed by atoms with E-state index in [2.05, 4.69) is 0 Å². The Hall–Kier alpha value is -3.19. The summed E-state index contributed by atoms with van der Waals surface area (Å²) in [6, 6.07) is 18.0. The molecule has 31 heavy (non-hydrogen) atoms. The third-order valence-corrected chi connectivity index (χ3v) is 6.01. The second kappa shape index (κ2) is 8.89. The van der Waals surface area contributed by atoms with Crippen molar-refractivity contribution in [1.29, 1.82) is 0 Å². The van der Waals surface area contributed by atoms with E-state index < -0.39 is 42.0 Å². The molecule has 0 spiro atoms. The zero-order valence-corrected chi connectivity index (χ0v) is 17.5. The van der Waals surface area contributed by atoms with Crippen LogP contribution in [-0.4, -0.2) is 49.1 Å². The first kappa shape index (κ1) is 21.1. The molecule has 7 nitrogen and oxygen atoms in total. The van der Waals surface area contributed by atoms with Crippen LogP contribution in [0.25, 0.3) is 0 Å². The van der Waals surface area contributed by atoms with Gasteiger partial charge in [0.25, 0.3) is 0 Å². The summed E-state index contributed by atoms with van der Waals surface area (Å²) < 4.78 is 16.3. The van der Waals surface area contributed by atoms with Crippen LogP contribution >= 0.6 is 0 Å². The van der Waals surface area contributed by atoms with E-state index in [4.69, 9.17) is 14.2 Å². The zero-order chi connectivity index (χ0) is 22.0. The van der Waals surface area contributed by atoms with Gasteiger partial charge in [0, 0.05) is 11.5 Å². The molecule has 2 aliphatic rings. The Labute approximate surface area is 180 Å². The van der Waals surface area contributed by atoms with Gasteiger partial charge in [-0.15, -0.1) is 0 Å². The van der Waals surface area contributed by atoms with Gasteiger partial charge in [-0.25, -0.2) is 0 Å². The Bertz CT molecular complexity index is 947. The van der Waals surface area contributed by atoms with Crippen molar-refractivity contribution in [2.75, 3.05) is 20.3 Å². The summed E-state index contributed by atoms with van der Waals surface area (Å²) in [4.78, 5) is 41.0. The molecule has 5 atom stereocenters. The molecule has 2 aromatic carbocycles. The summed E-state index contributed by atoms with van der Waals surface area (Å²) in [5, 5.41) is 0. The van der Waals surface area contributed by atoms with Crippen LogP contribution in [0.4, 0.5) is 0 Å². The molecular formula is C24H25NO6. The van der Waals surface area contributed by atoms with Crippen molar-refractivity contribution in [3.05, 3.63) is 71.8 Å². The van der Waals surface area contributed by atoms with Crippen molar-refractivity contribution < 1.29 is 28.6 Å². The van der Waals surface area contributed by atoms with E-state index in [1.807, 2.05) is 48.5 Å². The number of hydrogen-bond acceptors (Lipinski definition) is 6. The topological polar surface area (TPSA) is 82.1 Å². The van der Waals surface area contributed by atoms with Crippen molar-refractivity contribution >= 4 is 17.8 Å². The fraction of sp³-hybridized carbons (Fsp3) is 0.375. The number of rotatable bonds is 6. The fourth-order valence-corrected chi connectivity index (χ4v) is 4.73. The van der Waals surface area contributed by atoms with Crippen molar-refractivity contribution in [3.8, 4) is 0 Å². The molecule has 0 radical (unpaired) electrons. The number of carbonyl (C=O) groups is 3. The lowest BCUT2D eigenvalue weighted by molar-refractivity contribution is -0.156. The number of amides is 1. The molecule has 0 N–H and O–H groups in total. The van der Waals surface area contributed by atoms with Gasteiger partial charge in [-0.2, -0.15) is 0 Å². The molecule has 0 unspecified atom stereocenters. The average Bonchev–Trinajstić information content (AvgIpc) is 3.35. The van der Waals surface area contributed by atoms with E-state index in [-0.39, 0.29) is 19.1 Å². The second-order valence-corrected chi connectivity index (χ2v) is 7.63. The van der Waals surface area contributed by atoms with Crippen LogP contribution < -0.4 is 0 Å². The highest BCUT2D eigenvalue weighted by molar-refractivity contribution is 6.01. The molecule has 7 heteroatoms. The smallest absolute Gasteiger partial charge is 0.318 e. The standard InChI is InChI=1S/C24H25NO6/c1-3-30-24(28)20-19(18(23(27)29-2)15-10-6-4-7-11-15)17-14-31-22(25(17)21(20)26)16-12-8-5-9-13-16/h4-13,17-20,22H,3,14H2,1-2H3/t17-,18-,19+,20+,22-/m1/s1. The van der Waals surface area contributed by atoms with Gasteiger partial charge in [0.1, 0.15) is 5.92 Å². The number of esters is 2. The van der Waals surface area contributed by atoms with Crippen LogP contribution in [-0.2, 0) is 28.6 Å². The van der Waals surface area contributed by atoms with Gasteiger partial charge in [-0.05, 0) is 12.5 Å². The number of carbonyl (C=O) groups excluding carboxylic acids is 3. The van der Waals surface area contributed by atoms with Gasteiger partial charge in [0.15, 0.2) is 6.23 Å². The molecule has 0 saturated carbocycles. The fourth-order valence-electron chi connectivity index (χ4n) is 4.73. The molecule has 1 amide bonds. The van der Waals surface area contributed by atoms with Crippen LogP contribution in [0.2, 0.25) is 0 Å². The Balaban J connectivity index is 1.79. The highest BCUT2D eigenvalue weighted by Crippen LogP contribution is 2.49. The highest BCUT2D eigenvalue weighted by atomic mass is 16.5. The molecular weight excluding hydrogens is 398 g/mol. The number of nitrogens with zero attached hydrogens (tertiary/aromatic N) is 1. The number of ether oxygens (including phenoxy) is 3. The summed E-state index contributed by atoms with van der Waals surface area (Å²) in [6.45, 7) is 2.05. The Morgan fingerprint density at radius 1 is 1.10 bits per heavy atom. The van der Waals surface area contributed by atoms with Crippen LogP contribution in [0.5, 0.6) is 0 Å². The Morgan fingerprint density at radius 2 is 1.74 bits per heavy atom. The molecule has 0 aromatic heterocycles. The molecule has 2 heterocycles. The monoisotopic (exact) mass is 423 g/mol. The first-order valence-electron chi connectivity index (χ1n) is 10.4. The Morgan fingerprint density at radius 3 is 2.35 bits per heavy atom. The van der Waals surface area contributed by atoms with Crippen molar-refractivity contribution in [1.82, 2.24) is 4.90 Å². The summed E-state index contributed by atoms with van der Waals surface area (Å²) in [7, 11) is 1.31. The van der Waals surface area contributed by atoms with Crippen LogP contribution in [0.1, 0.15) is 30.2 Å². The van der Waals surface area contributed by atoms with Gasteiger partial charge < -0.3 is 19.1 Å². The molecule has 2 aromatic rings. The molecule has 2 fully saturated rings. The molecule has 2 aliphatic heterocycles. The van der Waals surface area contributed by atoms with Crippen molar-refractivity contribution in [3.63, 3.8) is 0 Å². The van der Waals surface area contributed by atoms with Crippen LogP contribution in [0, 0.1) is 11.8 Å². The van der Waals surface area contributed by atoms with Gasteiger partial charge in [0.2, 0.25) is 5.91 Å². The van der Waals surface area contributed by atoms with Crippen LogP contribution in [0.3, 0.4) is 0 Å². The minimum atomic E-state index is -1.11. The number of hydrogen-bond donors (Lipinski definition) is 0. The van der Waals surface area contributed by atoms with E-state index >= 15 is 0 Å². The minimum absolute atomic E-state index is 0.146. The zero-order valence-electron chi connectivity index (χ0n) is 17.5. The van der Waals surface area contributed by atoms with E-state index in [9.17, 15) is 14.4 Å². The van der Waals surface area contributed by atoms with E-state index in [0.717, 1.165) is 5.56 Å². The van der Waals surface area contributed by atoms with Gasteiger partial charge in [-0.3, -0.25) is 14.4 Å². The van der Waals surface area contributed by atoms with Gasteiger partial charge in [-0.1, -0.05) is 60.7 Å². The highest BCUT2D eigenvalue weighted by Gasteiger charge is 2.61. The molecule has 4 rings (SSSR count). The molecule has 0 aliphatic carbocycles. The third kappa shape index (κ3) is 3.70. The lowest BCUT2D eigenvalue weighted by Gasteiger charge is -2.28. The molecule has 162 valence electrons. The predicted octanol–water partition coefficient (Wildman–Crippen LogP) is 2.68. The summed E-state index contributed by atoms with van der Waals surface area (Å²) in [5.74, 6) is -4.09. The first-order valence-corrected chi connectivity index (χ1v) is 10.4. The minimum Gasteiger partial charge on any atom is -0.469 e. The van der Waals surface area contributed by atoms with E-state index in [1.54, 1.807) is 24.0 Å². The summed E-state index contributed by atoms with van der Waals surface area (Å²) >= 11 is 0. The Kier molecular flexibility index (Phi) is 6.04. The lowest BCUT2D eigenvalue weighted by atomic mass is 9.76. The SMILES string of the molecule is CCOC(=O)[C@@H]1C(=O)N2[C@@H](c3ccccc3)OC[C@@H]2[C@H]1[C@H](C(=O)OC)c1ccccc1. The third-order valence-electron chi connectivity index (χ3n) is 6.01. The summed E-state index contributed by atoms with van der Waals surface area (Å²) in [6.07, 6.45) is -0.616. The largest absolute Gasteiger partial charge is 0.469 e. The predicted molar refractivity (Wildman–Crippen MR) is 111 cm³/mol. The number of fused-ring (bicyclic) bond motifs is 1. The van der Waals surface area contributed by atoms with E-state index in [0.29, 0.717) is 5.56 Å². The maximum Gasteiger partial charge on any atom is 0.318 e. The second-order valence-electron chi connectivity index (χ2n) is 7.63. The quantitative estimate of drug-likeness (QED) is 0.525. The van der Waals surface area contributed by atoms with E-state index in [1.165, 1.54) is 7.11 Å². The van der Waals surface area contributed by atoms with Crippen LogP contribution in [0.15, 0.2) is 60.7 Å². The summed E-state index contributed by atoms with van der Waals surface area (Å²) in [5.41, 5.74) is 1.50.